The SMILES string of the molecule is CCOc1ccc(C(=O)c2c(C)[nH]c3ccccc23)cc1. The number of nitrogens with one attached hydrogen (secondary N) is 1. The van der Waals surface area contributed by atoms with Crippen LogP contribution in [-0.4, -0.2) is 17.4 Å². The molecule has 0 fully saturated rings. The first-order valence-electron chi connectivity index (χ1n) is 7.05. The zero-order chi connectivity index (χ0) is 14.8. The van der Waals surface area contributed by atoms with Crippen molar-refractivity contribution in [3.05, 3.63) is 65.4 Å². The molecule has 0 aliphatic heterocycles. The van der Waals surface area contributed by atoms with Crippen LogP contribution in [0.15, 0.2) is 48.5 Å². The maximum atomic E-state index is 12.8. The Balaban J connectivity index is 2.02. The first kappa shape index (κ1) is 13.4. The molecule has 0 aliphatic carbocycles. The monoisotopic (exact) mass is 279 g/mol. The zero-order valence-electron chi connectivity index (χ0n) is 12.1. The van der Waals surface area contributed by atoms with E-state index in [4.69, 9.17) is 4.74 Å². The van der Waals surface area contributed by atoms with Crippen LogP contribution in [0, 0.1) is 6.92 Å². The van der Waals surface area contributed by atoms with Gasteiger partial charge in [0.05, 0.1) is 12.2 Å². The molecule has 3 rings (SSSR count). The fraction of sp³-hybridized carbons (Fsp3) is 0.167. The van der Waals surface area contributed by atoms with Crippen molar-refractivity contribution in [2.75, 3.05) is 6.61 Å². The number of ketones is 1. The molecule has 21 heavy (non-hydrogen) atoms. The third-order valence-electron chi connectivity index (χ3n) is 3.55. The molecule has 0 amide bonds. The van der Waals surface area contributed by atoms with E-state index in [1.54, 1.807) is 0 Å². The number of aryl methyl sites for hydroxylation is 1. The zero-order valence-corrected chi connectivity index (χ0v) is 12.1. The molecule has 0 atom stereocenters. The topological polar surface area (TPSA) is 42.1 Å². The van der Waals surface area contributed by atoms with E-state index in [1.165, 1.54) is 0 Å². The van der Waals surface area contributed by atoms with Gasteiger partial charge in [-0.25, -0.2) is 0 Å². The number of carbonyl (C=O) groups excluding carboxylic acids is 1. The minimum Gasteiger partial charge on any atom is -0.494 e. The summed E-state index contributed by atoms with van der Waals surface area (Å²) in [5.41, 5.74) is 3.31. The molecule has 0 saturated heterocycles. The highest BCUT2D eigenvalue weighted by atomic mass is 16.5. The summed E-state index contributed by atoms with van der Waals surface area (Å²) in [6.45, 7) is 4.49. The second-order valence-corrected chi connectivity index (χ2v) is 4.96. The van der Waals surface area contributed by atoms with E-state index in [-0.39, 0.29) is 5.78 Å². The predicted molar refractivity (Wildman–Crippen MR) is 84.1 cm³/mol. The summed E-state index contributed by atoms with van der Waals surface area (Å²) < 4.78 is 5.41. The van der Waals surface area contributed by atoms with E-state index in [1.807, 2.05) is 62.4 Å². The van der Waals surface area contributed by atoms with Crippen LogP contribution < -0.4 is 4.74 Å². The number of hydrogen-bond acceptors (Lipinski definition) is 2. The summed E-state index contributed by atoms with van der Waals surface area (Å²) in [5.74, 6) is 0.817. The largest absolute Gasteiger partial charge is 0.494 e. The Labute approximate surface area is 123 Å². The number of H-pyrrole nitrogens is 1. The molecule has 106 valence electrons. The Morgan fingerprint density at radius 3 is 2.52 bits per heavy atom. The Morgan fingerprint density at radius 1 is 1.10 bits per heavy atom. The van der Waals surface area contributed by atoms with Crippen molar-refractivity contribution in [1.82, 2.24) is 4.98 Å². The van der Waals surface area contributed by atoms with Gasteiger partial charge in [0.2, 0.25) is 0 Å². The molecule has 1 aromatic heterocycles. The lowest BCUT2D eigenvalue weighted by Crippen LogP contribution is -2.02. The molecule has 0 radical (unpaired) electrons. The van der Waals surface area contributed by atoms with Gasteiger partial charge < -0.3 is 9.72 Å². The smallest absolute Gasteiger partial charge is 0.195 e. The Kier molecular flexibility index (Phi) is 3.48. The molecular formula is C18H17NO2. The Bertz CT molecular complexity index is 785. The fourth-order valence-corrected chi connectivity index (χ4v) is 2.58. The van der Waals surface area contributed by atoms with Crippen LogP contribution >= 0.6 is 0 Å². The van der Waals surface area contributed by atoms with Gasteiger partial charge in [-0.05, 0) is 44.2 Å². The number of hydrogen-bond donors (Lipinski definition) is 1. The highest BCUT2D eigenvalue weighted by Gasteiger charge is 2.17. The van der Waals surface area contributed by atoms with Crippen molar-refractivity contribution in [1.29, 1.82) is 0 Å². The molecule has 3 nitrogen and oxygen atoms in total. The summed E-state index contributed by atoms with van der Waals surface area (Å²) >= 11 is 0. The summed E-state index contributed by atoms with van der Waals surface area (Å²) in [6, 6.07) is 15.2. The Hall–Kier alpha value is -2.55. The highest BCUT2D eigenvalue weighted by Crippen LogP contribution is 2.25. The lowest BCUT2D eigenvalue weighted by molar-refractivity contribution is 0.103. The van der Waals surface area contributed by atoms with Gasteiger partial charge in [0, 0.05) is 22.2 Å². The summed E-state index contributed by atoms with van der Waals surface area (Å²) in [6.07, 6.45) is 0. The summed E-state index contributed by atoms with van der Waals surface area (Å²) in [5, 5.41) is 0.967. The van der Waals surface area contributed by atoms with Gasteiger partial charge in [0.25, 0.3) is 0 Å². The average molecular weight is 279 g/mol. The molecule has 1 heterocycles. The third-order valence-corrected chi connectivity index (χ3v) is 3.55. The lowest BCUT2D eigenvalue weighted by Gasteiger charge is -2.05. The molecule has 3 heteroatoms. The lowest BCUT2D eigenvalue weighted by atomic mass is 10.0. The number of ether oxygens (including phenoxy) is 1. The number of para-hydroxylation sites is 1. The molecule has 2 aromatic carbocycles. The standard InChI is InChI=1S/C18H17NO2/c1-3-21-14-10-8-13(9-11-14)18(20)17-12(2)19-16-7-5-4-6-15(16)17/h4-11,19H,3H2,1-2H3. The van der Waals surface area contributed by atoms with Crippen molar-refractivity contribution >= 4 is 16.7 Å². The molecule has 0 spiro atoms. The number of carbonyl (C=O) groups is 1. The molecule has 1 N–H and O–H groups in total. The second-order valence-electron chi connectivity index (χ2n) is 4.96. The van der Waals surface area contributed by atoms with Gasteiger partial charge in [0.15, 0.2) is 5.78 Å². The van der Waals surface area contributed by atoms with E-state index in [0.29, 0.717) is 12.2 Å². The van der Waals surface area contributed by atoms with Crippen LogP contribution in [0.25, 0.3) is 10.9 Å². The van der Waals surface area contributed by atoms with E-state index < -0.39 is 0 Å². The van der Waals surface area contributed by atoms with Crippen LogP contribution in [0.4, 0.5) is 0 Å². The predicted octanol–water partition coefficient (Wildman–Crippen LogP) is 4.11. The van der Waals surface area contributed by atoms with E-state index in [2.05, 4.69) is 4.98 Å². The van der Waals surface area contributed by atoms with Crippen molar-refractivity contribution in [2.24, 2.45) is 0 Å². The van der Waals surface area contributed by atoms with Crippen LogP contribution in [0.1, 0.15) is 28.5 Å². The van der Waals surface area contributed by atoms with Gasteiger partial charge in [0.1, 0.15) is 5.75 Å². The quantitative estimate of drug-likeness (QED) is 0.730. The van der Waals surface area contributed by atoms with Crippen molar-refractivity contribution in [2.45, 2.75) is 13.8 Å². The van der Waals surface area contributed by atoms with E-state index >= 15 is 0 Å². The molecular weight excluding hydrogens is 262 g/mol. The van der Waals surface area contributed by atoms with Crippen LogP contribution in [0.5, 0.6) is 5.75 Å². The molecule has 0 bridgehead atoms. The van der Waals surface area contributed by atoms with Crippen LogP contribution in [0.3, 0.4) is 0 Å². The average Bonchev–Trinajstić information content (AvgIpc) is 2.83. The Morgan fingerprint density at radius 2 is 1.81 bits per heavy atom. The van der Waals surface area contributed by atoms with Gasteiger partial charge in [-0.2, -0.15) is 0 Å². The summed E-state index contributed by atoms with van der Waals surface area (Å²) in [4.78, 5) is 16.0. The number of rotatable bonds is 4. The first-order chi connectivity index (χ1) is 10.2. The van der Waals surface area contributed by atoms with Crippen LogP contribution in [-0.2, 0) is 0 Å². The number of benzene rings is 2. The van der Waals surface area contributed by atoms with Crippen molar-refractivity contribution < 1.29 is 9.53 Å². The highest BCUT2D eigenvalue weighted by molar-refractivity contribution is 6.17. The molecule has 0 unspecified atom stereocenters. The first-order valence-corrected chi connectivity index (χ1v) is 7.05. The molecule has 0 aliphatic rings. The molecule has 0 saturated carbocycles. The third kappa shape index (κ3) is 2.42. The normalized spacial score (nSPS) is 10.8. The number of aromatic nitrogens is 1. The number of fused-ring (bicyclic) bond motifs is 1. The summed E-state index contributed by atoms with van der Waals surface area (Å²) in [7, 11) is 0. The van der Waals surface area contributed by atoms with Gasteiger partial charge in [-0.3, -0.25) is 4.79 Å². The fourth-order valence-electron chi connectivity index (χ4n) is 2.58. The van der Waals surface area contributed by atoms with Gasteiger partial charge in [-0.1, -0.05) is 18.2 Å². The van der Waals surface area contributed by atoms with Crippen LogP contribution in [0.2, 0.25) is 0 Å². The minimum atomic E-state index is 0.0352. The van der Waals surface area contributed by atoms with Crippen molar-refractivity contribution in [3.63, 3.8) is 0 Å². The van der Waals surface area contributed by atoms with Gasteiger partial charge in [-0.15, -0.1) is 0 Å². The van der Waals surface area contributed by atoms with Crippen molar-refractivity contribution in [3.8, 4) is 5.75 Å². The maximum absolute atomic E-state index is 12.8. The minimum absolute atomic E-state index is 0.0352. The van der Waals surface area contributed by atoms with E-state index in [0.717, 1.165) is 27.9 Å². The van der Waals surface area contributed by atoms with Gasteiger partial charge >= 0.3 is 0 Å². The molecule has 3 aromatic rings. The second kappa shape index (κ2) is 5.44. The van der Waals surface area contributed by atoms with E-state index in [9.17, 15) is 4.79 Å². The maximum Gasteiger partial charge on any atom is 0.195 e. The number of aromatic amines is 1.